The van der Waals surface area contributed by atoms with Gasteiger partial charge in [-0.15, -0.1) is 0 Å². The Morgan fingerprint density at radius 3 is 1.88 bits per heavy atom. The largest absolute Gasteiger partial charge is 0.468 e. The molecule has 16 heavy (non-hydrogen) atoms. The van der Waals surface area contributed by atoms with Crippen molar-refractivity contribution in [3.8, 4) is 0 Å². The van der Waals surface area contributed by atoms with Crippen molar-refractivity contribution in [1.82, 2.24) is 0 Å². The zero-order chi connectivity index (χ0) is 12.1. The third-order valence-corrected chi connectivity index (χ3v) is 2.33. The number of benzene rings is 1. The normalized spacial score (nSPS) is 10.0. The highest BCUT2D eigenvalue weighted by molar-refractivity contribution is 6.30. The van der Waals surface area contributed by atoms with Crippen LogP contribution >= 0.6 is 11.6 Å². The van der Waals surface area contributed by atoms with Crippen molar-refractivity contribution in [2.75, 3.05) is 14.2 Å². The summed E-state index contributed by atoms with van der Waals surface area (Å²) in [6, 6.07) is 6.35. The molecule has 86 valence electrons. The number of halogens is 1. The lowest BCUT2D eigenvalue weighted by Gasteiger charge is -2.12. The van der Waals surface area contributed by atoms with Gasteiger partial charge in [-0.3, -0.25) is 9.59 Å². The molecule has 0 atom stereocenters. The second-order valence-electron chi connectivity index (χ2n) is 3.03. The quantitative estimate of drug-likeness (QED) is 0.599. The summed E-state index contributed by atoms with van der Waals surface area (Å²) < 4.78 is 9.09. The monoisotopic (exact) mass is 242 g/mol. The molecule has 1 aromatic rings. The number of carbonyl (C=O) groups is 2. The van der Waals surface area contributed by atoms with E-state index < -0.39 is 17.9 Å². The Labute approximate surface area is 98.1 Å². The number of hydrogen-bond donors (Lipinski definition) is 0. The van der Waals surface area contributed by atoms with E-state index in [-0.39, 0.29) is 0 Å². The molecule has 0 N–H and O–H groups in total. The maximum atomic E-state index is 11.4. The third kappa shape index (κ3) is 2.73. The minimum absolute atomic E-state index is 0.489. The van der Waals surface area contributed by atoms with E-state index in [1.165, 1.54) is 14.2 Å². The zero-order valence-electron chi connectivity index (χ0n) is 8.90. The van der Waals surface area contributed by atoms with E-state index in [0.29, 0.717) is 10.6 Å². The Morgan fingerprint density at radius 1 is 1.06 bits per heavy atom. The van der Waals surface area contributed by atoms with Crippen LogP contribution in [0.5, 0.6) is 0 Å². The molecule has 0 saturated carbocycles. The fraction of sp³-hybridized carbons (Fsp3) is 0.273. The number of esters is 2. The SMILES string of the molecule is COC(=O)C(C(=O)OC)c1ccc(Cl)cc1. The van der Waals surface area contributed by atoms with E-state index in [1.54, 1.807) is 24.3 Å². The number of carbonyl (C=O) groups excluding carboxylic acids is 2. The van der Waals surface area contributed by atoms with Crippen molar-refractivity contribution in [2.24, 2.45) is 0 Å². The van der Waals surface area contributed by atoms with Crippen molar-refractivity contribution >= 4 is 23.5 Å². The molecule has 1 aromatic carbocycles. The molecule has 0 aliphatic heterocycles. The fourth-order valence-corrected chi connectivity index (χ4v) is 1.39. The molecule has 0 aliphatic rings. The van der Waals surface area contributed by atoms with Gasteiger partial charge in [0.1, 0.15) is 0 Å². The molecule has 0 spiro atoms. The minimum atomic E-state index is -1.06. The van der Waals surface area contributed by atoms with Gasteiger partial charge in [0.25, 0.3) is 0 Å². The molecular weight excluding hydrogens is 232 g/mol. The van der Waals surface area contributed by atoms with Crippen LogP contribution in [0.3, 0.4) is 0 Å². The van der Waals surface area contributed by atoms with Crippen LogP contribution in [-0.4, -0.2) is 26.2 Å². The van der Waals surface area contributed by atoms with Crippen molar-refractivity contribution in [1.29, 1.82) is 0 Å². The Balaban J connectivity index is 3.06. The first-order valence-corrected chi connectivity index (χ1v) is 4.89. The number of ether oxygens (including phenoxy) is 2. The van der Waals surface area contributed by atoms with Gasteiger partial charge in [-0.1, -0.05) is 23.7 Å². The predicted octanol–water partition coefficient (Wildman–Crippen LogP) is 1.77. The van der Waals surface area contributed by atoms with Crippen molar-refractivity contribution < 1.29 is 19.1 Å². The van der Waals surface area contributed by atoms with Crippen LogP contribution < -0.4 is 0 Å². The Kier molecular flexibility index (Phi) is 4.31. The Morgan fingerprint density at radius 2 is 1.50 bits per heavy atom. The van der Waals surface area contributed by atoms with Crippen LogP contribution in [0.2, 0.25) is 5.02 Å². The van der Waals surface area contributed by atoms with Gasteiger partial charge in [0.15, 0.2) is 5.92 Å². The average molecular weight is 243 g/mol. The van der Waals surface area contributed by atoms with E-state index in [1.807, 2.05) is 0 Å². The van der Waals surface area contributed by atoms with Crippen LogP contribution in [-0.2, 0) is 19.1 Å². The number of rotatable bonds is 3. The summed E-state index contributed by atoms with van der Waals surface area (Å²) in [6.07, 6.45) is 0. The van der Waals surface area contributed by atoms with Gasteiger partial charge >= 0.3 is 11.9 Å². The van der Waals surface area contributed by atoms with E-state index in [2.05, 4.69) is 9.47 Å². The second-order valence-corrected chi connectivity index (χ2v) is 3.47. The second kappa shape index (κ2) is 5.51. The molecule has 0 unspecified atom stereocenters. The number of hydrogen-bond acceptors (Lipinski definition) is 4. The molecule has 0 aliphatic carbocycles. The molecule has 0 bridgehead atoms. The summed E-state index contributed by atoms with van der Waals surface area (Å²) in [7, 11) is 2.43. The van der Waals surface area contributed by atoms with Crippen LogP contribution in [0, 0.1) is 0 Å². The van der Waals surface area contributed by atoms with E-state index in [4.69, 9.17) is 11.6 Å². The molecule has 0 aromatic heterocycles. The summed E-state index contributed by atoms with van der Waals surface area (Å²) in [6.45, 7) is 0. The molecule has 0 radical (unpaired) electrons. The van der Waals surface area contributed by atoms with Crippen molar-refractivity contribution in [3.05, 3.63) is 34.9 Å². The first kappa shape index (κ1) is 12.5. The van der Waals surface area contributed by atoms with Crippen molar-refractivity contribution in [2.45, 2.75) is 5.92 Å². The summed E-state index contributed by atoms with van der Waals surface area (Å²) in [5, 5.41) is 0.525. The first-order chi connectivity index (χ1) is 7.60. The van der Waals surface area contributed by atoms with Gasteiger partial charge in [-0.2, -0.15) is 0 Å². The fourth-order valence-electron chi connectivity index (χ4n) is 1.26. The summed E-state index contributed by atoms with van der Waals surface area (Å²) in [4.78, 5) is 22.9. The molecule has 5 heteroatoms. The van der Waals surface area contributed by atoms with Crippen LogP contribution in [0.15, 0.2) is 24.3 Å². The summed E-state index contributed by atoms with van der Waals surface area (Å²) >= 11 is 5.71. The van der Waals surface area contributed by atoms with Crippen LogP contribution in [0.1, 0.15) is 11.5 Å². The van der Waals surface area contributed by atoms with Gasteiger partial charge < -0.3 is 9.47 Å². The zero-order valence-corrected chi connectivity index (χ0v) is 9.65. The first-order valence-electron chi connectivity index (χ1n) is 4.51. The van der Waals surface area contributed by atoms with Crippen LogP contribution in [0.25, 0.3) is 0 Å². The third-order valence-electron chi connectivity index (χ3n) is 2.08. The minimum Gasteiger partial charge on any atom is -0.468 e. The topological polar surface area (TPSA) is 52.6 Å². The molecular formula is C11H11ClO4. The Bertz CT molecular complexity index is 369. The Hall–Kier alpha value is -1.55. The molecule has 0 amide bonds. The predicted molar refractivity (Wildman–Crippen MR) is 58.2 cm³/mol. The molecule has 0 saturated heterocycles. The van der Waals surface area contributed by atoms with Gasteiger partial charge in [-0.05, 0) is 17.7 Å². The maximum Gasteiger partial charge on any atom is 0.324 e. The van der Waals surface area contributed by atoms with Crippen LogP contribution in [0.4, 0.5) is 0 Å². The molecule has 1 rings (SSSR count). The smallest absolute Gasteiger partial charge is 0.324 e. The van der Waals surface area contributed by atoms with Gasteiger partial charge in [0.2, 0.25) is 0 Å². The highest BCUT2D eigenvalue weighted by atomic mass is 35.5. The lowest BCUT2D eigenvalue weighted by atomic mass is 9.99. The van der Waals surface area contributed by atoms with E-state index >= 15 is 0 Å². The van der Waals surface area contributed by atoms with Gasteiger partial charge in [0.05, 0.1) is 14.2 Å². The molecule has 0 heterocycles. The highest BCUT2D eigenvalue weighted by Crippen LogP contribution is 2.21. The highest BCUT2D eigenvalue weighted by Gasteiger charge is 2.30. The summed E-state index contributed by atoms with van der Waals surface area (Å²) in [5.74, 6) is -2.38. The lowest BCUT2D eigenvalue weighted by Crippen LogP contribution is -2.24. The summed E-state index contributed by atoms with van der Waals surface area (Å²) in [5.41, 5.74) is 0.489. The number of methoxy groups -OCH3 is 2. The van der Waals surface area contributed by atoms with Crippen molar-refractivity contribution in [3.63, 3.8) is 0 Å². The van der Waals surface area contributed by atoms with E-state index in [0.717, 1.165) is 0 Å². The average Bonchev–Trinajstić information content (AvgIpc) is 2.31. The maximum absolute atomic E-state index is 11.4. The molecule has 4 nitrogen and oxygen atoms in total. The van der Waals surface area contributed by atoms with Gasteiger partial charge in [0, 0.05) is 5.02 Å². The van der Waals surface area contributed by atoms with E-state index in [9.17, 15) is 9.59 Å². The van der Waals surface area contributed by atoms with Gasteiger partial charge in [-0.25, -0.2) is 0 Å². The molecule has 0 fully saturated rings. The standard InChI is InChI=1S/C11H11ClO4/c1-15-10(13)9(11(14)16-2)7-3-5-8(12)6-4-7/h3-6,9H,1-2H3. The lowest BCUT2D eigenvalue weighted by molar-refractivity contribution is -0.154.